The van der Waals surface area contributed by atoms with Gasteiger partial charge in [-0.2, -0.15) is 0 Å². The predicted molar refractivity (Wildman–Crippen MR) is 121 cm³/mol. The molecule has 30 heavy (non-hydrogen) atoms. The van der Waals surface area contributed by atoms with Gasteiger partial charge < -0.3 is 10.1 Å². The van der Waals surface area contributed by atoms with Crippen LogP contribution < -0.4 is 10.1 Å². The highest BCUT2D eigenvalue weighted by Gasteiger charge is 2.09. The fraction of sp³-hybridized carbons (Fsp3) is 0.100. The predicted octanol–water partition coefficient (Wildman–Crippen LogP) is 5.56. The lowest BCUT2D eigenvalue weighted by atomic mass is 10.3. The first-order valence-corrected chi connectivity index (χ1v) is 11.7. The zero-order valence-electron chi connectivity index (χ0n) is 15.4. The van der Waals surface area contributed by atoms with Gasteiger partial charge in [-0.25, -0.2) is 4.98 Å². The quantitative estimate of drug-likeness (QED) is 0.360. The summed E-state index contributed by atoms with van der Waals surface area (Å²) in [6.45, 7) is 0.349. The lowest BCUT2D eigenvalue weighted by Gasteiger charge is -2.05. The van der Waals surface area contributed by atoms with Crippen LogP contribution in [0.2, 0.25) is 5.02 Å². The Hall–Kier alpha value is -2.46. The number of carbonyl (C=O) groups is 1. The maximum absolute atomic E-state index is 12.3. The molecule has 0 radical (unpaired) electrons. The molecule has 4 aromatic rings. The van der Waals surface area contributed by atoms with Crippen LogP contribution in [0.3, 0.4) is 0 Å². The van der Waals surface area contributed by atoms with Crippen LogP contribution >= 0.6 is 46.0 Å². The van der Waals surface area contributed by atoms with Gasteiger partial charge in [-0.15, -0.1) is 21.5 Å². The summed E-state index contributed by atoms with van der Waals surface area (Å²) in [5.41, 5.74) is 3.16. The van der Waals surface area contributed by atoms with Crippen molar-refractivity contribution in [2.45, 2.75) is 22.3 Å². The normalized spacial score (nSPS) is 10.7. The van der Waals surface area contributed by atoms with Gasteiger partial charge in [-0.05, 0) is 48.5 Å². The zero-order chi connectivity index (χ0) is 20.8. The first kappa shape index (κ1) is 20.8. The summed E-state index contributed by atoms with van der Waals surface area (Å²) in [6.07, 6.45) is 0.207. The highest BCUT2D eigenvalue weighted by atomic mass is 35.5. The Morgan fingerprint density at radius 3 is 2.63 bits per heavy atom. The average molecular weight is 475 g/mol. The summed E-state index contributed by atoms with van der Waals surface area (Å²) in [5.74, 6) is 0.608. The number of amides is 1. The van der Waals surface area contributed by atoms with Crippen molar-refractivity contribution < 1.29 is 9.53 Å². The average Bonchev–Trinajstić information content (AvgIpc) is 3.41. The zero-order valence-corrected chi connectivity index (χ0v) is 18.7. The van der Waals surface area contributed by atoms with E-state index in [0.29, 0.717) is 11.6 Å². The molecule has 2 heterocycles. The minimum Gasteiger partial charge on any atom is -0.486 e. The van der Waals surface area contributed by atoms with Crippen LogP contribution in [0.1, 0.15) is 10.7 Å². The maximum Gasteiger partial charge on any atom is 0.230 e. The minimum absolute atomic E-state index is 0.116. The van der Waals surface area contributed by atoms with E-state index in [2.05, 4.69) is 20.5 Å². The number of hydrogen-bond acceptors (Lipinski definition) is 8. The number of benzene rings is 2. The molecule has 152 valence electrons. The van der Waals surface area contributed by atoms with E-state index < -0.39 is 0 Å². The van der Waals surface area contributed by atoms with E-state index in [0.717, 1.165) is 31.4 Å². The van der Waals surface area contributed by atoms with Gasteiger partial charge in [0.15, 0.2) is 4.34 Å². The topological polar surface area (TPSA) is 77.0 Å². The Bertz CT molecular complexity index is 1100. The molecule has 0 fully saturated rings. The van der Waals surface area contributed by atoms with Crippen LogP contribution in [0.4, 0.5) is 5.69 Å². The van der Waals surface area contributed by atoms with Crippen LogP contribution in [-0.2, 0) is 17.8 Å². The third-order valence-corrected chi connectivity index (χ3v) is 6.71. The number of nitrogens with zero attached hydrogens (tertiary/aromatic N) is 3. The number of halogens is 1. The molecule has 4 rings (SSSR count). The molecular weight excluding hydrogens is 460 g/mol. The van der Waals surface area contributed by atoms with E-state index in [1.165, 1.54) is 34.4 Å². The molecule has 1 amide bonds. The molecule has 2 aromatic heterocycles. The van der Waals surface area contributed by atoms with E-state index in [9.17, 15) is 4.79 Å². The monoisotopic (exact) mass is 474 g/mol. The minimum atomic E-state index is -0.116. The van der Waals surface area contributed by atoms with Crippen molar-refractivity contribution in [1.29, 1.82) is 0 Å². The van der Waals surface area contributed by atoms with E-state index >= 15 is 0 Å². The van der Waals surface area contributed by atoms with Gasteiger partial charge in [0.05, 0.1) is 12.1 Å². The molecule has 0 spiro atoms. The summed E-state index contributed by atoms with van der Waals surface area (Å²) in [5, 5.41) is 14.1. The number of ether oxygens (including phenoxy) is 1. The summed E-state index contributed by atoms with van der Waals surface area (Å²) in [4.78, 5) is 17.8. The van der Waals surface area contributed by atoms with Crippen molar-refractivity contribution in [3.63, 3.8) is 0 Å². The number of hydrogen-bond donors (Lipinski definition) is 1. The van der Waals surface area contributed by atoms with Crippen molar-refractivity contribution in [2.24, 2.45) is 0 Å². The number of carbonyl (C=O) groups excluding carboxylic acids is 1. The number of thiazole rings is 1. The van der Waals surface area contributed by atoms with Gasteiger partial charge >= 0.3 is 0 Å². The van der Waals surface area contributed by atoms with Gasteiger partial charge in [-0.3, -0.25) is 4.79 Å². The summed E-state index contributed by atoms with van der Waals surface area (Å²) < 4.78 is 6.57. The first-order chi connectivity index (χ1) is 14.6. The largest absolute Gasteiger partial charge is 0.486 e. The smallest absolute Gasteiger partial charge is 0.230 e. The second-order valence-corrected chi connectivity index (χ2v) is 9.56. The highest BCUT2D eigenvalue weighted by Crippen LogP contribution is 2.29. The van der Waals surface area contributed by atoms with Gasteiger partial charge in [0.2, 0.25) is 5.91 Å². The Morgan fingerprint density at radius 2 is 1.90 bits per heavy atom. The van der Waals surface area contributed by atoms with Crippen molar-refractivity contribution >= 4 is 57.6 Å². The third kappa shape index (κ3) is 6.02. The molecule has 0 saturated carbocycles. The lowest BCUT2D eigenvalue weighted by Crippen LogP contribution is -2.14. The van der Waals surface area contributed by atoms with Crippen molar-refractivity contribution in [3.8, 4) is 5.75 Å². The Labute approximate surface area is 190 Å². The molecular formula is C20H15ClN4O2S3. The number of anilines is 1. The van der Waals surface area contributed by atoms with E-state index in [4.69, 9.17) is 16.3 Å². The molecule has 1 N–H and O–H groups in total. The van der Waals surface area contributed by atoms with Crippen LogP contribution in [0.5, 0.6) is 5.75 Å². The summed E-state index contributed by atoms with van der Waals surface area (Å²) in [7, 11) is 0. The van der Waals surface area contributed by atoms with Crippen molar-refractivity contribution in [2.75, 3.05) is 5.32 Å². The number of aromatic nitrogens is 3. The highest BCUT2D eigenvalue weighted by molar-refractivity contribution is 8.01. The molecule has 0 bridgehead atoms. The van der Waals surface area contributed by atoms with Gasteiger partial charge in [-0.1, -0.05) is 34.7 Å². The molecule has 6 nitrogen and oxygen atoms in total. The molecule has 0 aliphatic rings. The van der Waals surface area contributed by atoms with E-state index in [-0.39, 0.29) is 12.3 Å². The number of rotatable bonds is 8. The SMILES string of the molecule is O=C(Cc1csc(COc2ccc(Cl)cc2)n1)Nc1ccc(Sc2nncs2)cc1. The molecule has 10 heteroatoms. The van der Waals surface area contributed by atoms with E-state index in [1.807, 2.05) is 41.8 Å². The fourth-order valence-electron chi connectivity index (χ4n) is 2.46. The van der Waals surface area contributed by atoms with E-state index in [1.54, 1.807) is 17.6 Å². The van der Waals surface area contributed by atoms with Crippen LogP contribution in [0.25, 0.3) is 0 Å². The second kappa shape index (κ2) is 10.0. The molecule has 0 unspecified atom stereocenters. The molecule has 2 aromatic carbocycles. The van der Waals surface area contributed by atoms with Gasteiger partial charge in [0, 0.05) is 21.0 Å². The molecule has 0 saturated heterocycles. The lowest BCUT2D eigenvalue weighted by molar-refractivity contribution is -0.115. The third-order valence-electron chi connectivity index (χ3n) is 3.80. The van der Waals surface area contributed by atoms with Crippen LogP contribution in [0, 0.1) is 0 Å². The Morgan fingerprint density at radius 1 is 1.10 bits per heavy atom. The molecule has 0 aliphatic carbocycles. The number of nitrogens with one attached hydrogen (secondary N) is 1. The van der Waals surface area contributed by atoms with Gasteiger partial charge in [0.1, 0.15) is 22.9 Å². The maximum atomic E-state index is 12.3. The second-order valence-electron chi connectivity index (χ2n) is 6.03. The van der Waals surface area contributed by atoms with Crippen LogP contribution in [-0.4, -0.2) is 21.1 Å². The summed E-state index contributed by atoms with van der Waals surface area (Å²) >= 11 is 10.4. The van der Waals surface area contributed by atoms with Crippen molar-refractivity contribution in [3.05, 3.63) is 75.1 Å². The first-order valence-electron chi connectivity index (χ1n) is 8.79. The molecule has 0 aliphatic heterocycles. The fourth-order valence-corrected chi connectivity index (χ4v) is 4.74. The Balaban J connectivity index is 1.26. The van der Waals surface area contributed by atoms with Crippen molar-refractivity contribution in [1.82, 2.24) is 15.2 Å². The standard InChI is InChI=1S/C20H15ClN4O2S3/c21-13-1-5-16(6-2-13)27-10-19-24-15(11-28-19)9-18(26)23-14-3-7-17(8-4-14)30-20-25-22-12-29-20/h1-8,11-12H,9-10H2,(H,23,26). The van der Waals surface area contributed by atoms with Crippen LogP contribution in [0.15, 0.2) is 68.7 Å². The summed E-state index contributed by atoms with van der Waals surface area (Å²) in [6, 6.07) is 14.8. The van der Waals surface area contributed by atoms with Gasteiger partial charge in [0.25, 0.3) is 0 Å². The Kier molecular flexibility index (Phi) is 6.96. The molecule has 0 atom stereocenters.